The van der Waals surface area contributed by atoms with Crippen molar-refractivity contribution in [3.63, 3.8) is 0 Å². The van der Waals surface area contributed by atoms with Gasteiger partial charge in [-0.2, -0.15) is 0 Å². The van der Waals surface area contributed by atoms with E-state index >= 15 is 0 Å². The first-order chi connectivity index (χ1) is 6.87. The second kappa shape index (κ2) is 4.26. The lowest BCUT2D eigenvalue weighted by Crippen LogP contribution is -2.21. The van der Waals surface area contributed by atoms with Crippen LogP contribution >= 0.6 is 0 Å². The summed E-state index contributed by atoms with van der Waals surface area (Å²) in [5, 5.41) is 3.05. The maximum absolute atomic E-state index is 5.58. The molecule has 0 heterocycles. The van der Waals surface area contributed by atoms with Crippen LogP contribution in [0, 0.1) is 0 Å². The number of hydrogen-bond acceptors (Lipinski definition) is 3. The summed E-state index contributed by atoms with van der Waals surface area (Å²) in [7, 11) is 0. The van der Waals surface area contributed by atoms with Crippen LogP contribution in [-0.4, -0.2) is 5.60 Å². The van der Waals surface area contributed by atoms with Gasteiger partial charge in [0.05, 0.1) is 0 Å². The fourth-order valence-corrected chi connectivity index (χ4v) is 1.12. The molecule has 82 valence electrons. The van der Waals surface area contributed by atoms with Gasteiger partial charge in [0.2, 0.25) is 0 Å². The number of hydrogen-bond donors (Lipinski definition) is 2. The van der Waals surface area contributed by atoms with Crippen molar-refractivity contribution in [3.8, 4) is 0 Å². The highest BCUT2D eigenvalue weighted by atomic mass is 16.5. The zero-order chi connectivity index (χ0) is 11.5. The molecule has 0 aliphatic rings. The average molecular weight is 206 g/mol. The van der Waals surface area contributed by atoms with Crippen molar-refractivity contribution in [3.05, 3.63) is 36.7 Å². The van der Waals surface area contributed by atoms with Crippen LogP contribution in [0.4, 0.5) is 11.4 Å². The van der Waals surface area contributed by atoms with E-state index in [4.69, 9.17) is 10.5 Å². The van der Waals surface area contributed by atoms with E-state index in [1.165, 1.54) is 0 Å². The molecule has 0 saturated carbocycles. The van der Waals surface area contributed by atoms with Crippen LogP contribution in [0.2, 0.25) is 0 Å². The smallest absolute Gasteiger partial charge is 0.184 e. The van der Waals surface area contributed by atoms with Crippen molar-refractivity contribution in [2.45, 2.75) is 26.4 Å². The van der Waals surface area contributed by atoms with Crippen LogP contribution in [0.15, 0.2) is 36.7 Å². The first-order valence-corrected chi connectivity index (χ1v) is 4.87. The summed E-state index contributed by atoms with van der Waals surface area (Å²) < 4.78 is 5.54. The van der Waals surface area contributed by atoms with E-state index in [-0.39, 0.29) is 5.60 Å². The third-order valence-electron chi connectivity index (χ3n) is 1.62. The van der Waals surface area contributed by atoms with Gasteiger partial charge in [-0.05, 0) is 51.6 Å². The largest absolute Gasteiger partial charge is 0.474 e. The van der Waals surface area contributed by atoms with E-state index in [0.717, 1.165) is 11.4 Å². The van der Waals surface area contributed by atoms with Gasteiger partial charge in [-0.1, -0.05) is 0 Å². The van der Waals surface area contributed by atoms with Crippen LogP contribution in [0.1, 0.15) is 20.8 Å². The van der Waals surface area contributed by atoms with Crippen LogP contribution in [-0.2, 0) is 4.74 Å². The third-order valence-corrected chi connectivity index (χ3v) is 1.62. The molecule has 0 aliphatic heterocycles. The maximum Gasteiger partial charge on any atom is 0.184 e. The molecule has 0 amide bonds. The van der Waals surface area contributed by atoms with Gasteiger partial charge < -0.3 is 15.8 Å². The Hall–Kier alpha value is -1.64. The molecule has 0 aromatic heterocycles. The van der Waals surface area contributed by atoms with Crippen molar-refractivity contribution >= 4 is 11.4 Å². The van der Waals surface area contributed by atoms with Gasteiger partial charge in [0.1, 0.15) is 5.60 Å². The van der Waals surface area contributed by atoms with Gasteiger partial charge >= 0.3 is 0 Å². The fraction of sp³-hybridized carbons (Fsp3) is 0.333. The highest BCUT2D eigenvalue weighted by molar-refractivity contribution is 5.53. The van der Waals surface area contributed by atoms with Crippen LogP contribution < -0.4 is 11.1 Å². The lowest BCUT2D eigenvalue weighted by molar-refractivity contribution is 0.0565. The summed E-state index contributed by atoms with van der Waals surface area (Å²) in [5.74, 6) is 0.535. The number of ether oxygens (including phenoxy) is 1. The number of anilines is 2. The molecule has 15 heavy (non-hydrogen) atoms. The SMILES string of the molecule is C=C(Nc1ccc(N)cc1)OC(C)(C)C. The highest BCUT2D eigenvalue weighted by Crippen LogP contribution is 2.16. The van der Waals surface area contributed by atoms with Crippen molar-refractivity contribution < 1.29 is 4.74 Å². The van der Waals surface area contributed by atoms with E-state index in [9.17, 15) is 0 Å². The van der Waals surface area contributed by atoms with Crippen molar-refractivity contribution in [2.24, 2.45) is 0 Å². The molecule has 0 spiro atoms. The summed E-state index contributed by atoms with van der Waals surface area (Å²) in [6, 6.07) is 7.42. The molecule has 0 saturated heterocycles. The quantitative estimate of drug-likeness (QED) is 0.590. The Kier molecular flexibility index (Phi) is 3.24. The van der Waals surface area contributed by atoms with Crippen molar-refractivity contribution in [1.82, 2.24) is 0 Å². The predicted octanol–water partition coefficient (Wildman–Crippen LogP) is 2.97. The lowest BCUT2D eigenvalue weighted by atomic mass is 10.2. The molecule has 0 atom stereocenters. The standard InChI is InChI=1S/C12H18N2O/c1-9(15-12(2,3)4)14-11-7-5-10(13)6-8-11/h5-8,14H,1,13H2,2-4H3. The molecular formula is C12H18N2O. The molecule has 1 aromatic rings. The molecule has 1 aromatic carbocycles. The average Bonchev–Trinajstić information content (AvgIpc) is 2.05. The van der Waals surface area contributed by atoms with Gasteiger partial charge in [0, 0.05) is 11.4 Å². The number of rotatable bonds is 3. The highest BCUT2D eigenvalue weighted by Gasteiger charge is 2.12. The molecule has 0 unspecified atom stereocenters. The minimum Gasteiger partial charge on any atom is -0.474 e. The molecular weight excluding hydrogens is 188 g/mol. The monoisotopic (exact) mass is 206 g/mol. The van der Waals surface area contributed by atoms with E-state index in [0.29, 0.717) is 5.88 Å². The van der Waals surface area contributed by atoms with E-state index in [1.54, 1.807) is 0 Å². The number of nitrogens with one attached hydrogen (secondary N) is 1. The molecule has 0 bridgehead atoms. The topological polar surface area (TPSA) is 47.3 Å². The Morgan fingerprint density at radius 2 is 1.80 bits per heavy atom. The molecule has 3 nitrogen and oxygen atoms in total. The molecule has 1 rings (SSSR count). The Morgan fingerprint density at radius 3 is 2.27 bits per heavy atom. The summed E-state index contributed by atoms with van der Waals surface area (Å²) in [6.07, 6.45) is 0. The second-order valence-electron chi connectivity index (χ2n) is 4.38. The lowest BCUT2D eigenvalue weighted by Gasteiger charge is -2.23. The zero-order valence-corrected chi connectivity index (χ0v) is 9.50. The van der Waals surface area contributed by atoms with Gasteiger partial charge in [0.25, 0.3) is 0 Å². The van der Waals surface area contributed by atoms with E-state index < -0.39 is 0 Å². The molecule has 3 heteroatoms. The Balaban J connectivity index is 2.55. The second-order valence-corrected chi connectivity index (χ2v) is 4.38. The molecule has 3 N–H and O–H groups in total. The summed E-state index contributed by atoms with van der Waals surface area (Å²) in [5.41, 5.74) is 6.99. The maximum atomic E-state index is 5.58. The van der Waals surface area contributed by atoms with Gasteiger partial charge in [-0.15, -0.1) is 0 Å². The Bertz CT molecular complexity index is 336. The summed E-state index contributed by atoms with van der Waals surface area (Å²) in [4.78, 5) is 0. The third kappa shape index (κ3) is 4.40. The van der Waals surface area contributed by atoms with Gasteiger partial charge in [0.15, 0.2) is 5.88 Å². The Labute approximate surface area is 90.9 Å². The number of nitrogen functional groups attached to an aromatic ring is 1. The van der Waals surface area contributed by atoms with Gasteiger partial charge in [-0.3, -0.25) is 0 Å². The summed E-state index contributed by atoms with van der Waals surface area (Å²) in [6.45, 7) is 9.72. The van der Waals surface area contributed by atoms with Crippen molar-refractivity contribution in [2.75, 3.05) is 11.1 Å². The molecule has 0 radical (unpaired) electrons. The molecule has 0 aliphatic carbocycles. The van der Waals surface area contributed by atoms with Crippen LogP contribution in [0.5, 0.6) is 0 Å². The van der Waals surface area contributed by atoms with Crippen molar-refractivity contribution in [1.29, 1.82) is 0 Å². The minimum atomic E-state index is -0.238. The Morgan fingerprint density at radius 1 is 1.27 bits per heavy atom. The minimum absolute atomic E-state index is 0.238. The normalized spacial score (nSPS) is 10.9. The first-order valence-electron chi connectivity index (χ1n) is 4.87. The van der Waals surface area contributed by atoms with E-state index in [1.807, 2.05) is 45.0 Å². The van der Waals surface area contributed by atoms with E-state index in [2.05, 4.69) is 11.9 Å². The number of nitrogens with two attached hydrogens (primary N) is 1. The fourth-order valence-electron chi connectivity index (χ4n) is 1.12. The zero-order valence-electron chi connectivity index (χ0n) is 9.50. The first kappa shape index (κ1) is 11.4. The summed E-state index contributed by atoms with van der Waals surface area (Å²) >= 11 is 0. The number of benzene rings is 1. The predicted molar refractivity (Wildman–Crippen MR) is 64.5 cm³/mol. The van der Waals surface area contributed by atoms with Gasteiger partial charge in [-0.25, -0.2) is 0 Å². The van der Waals surface area contributed by atoms with Crippen LogP contribution in [0.3, 0.4) is 0 Å². The van der Waals surface area contributed by atoms with Crippen LogP contribution in [0.25, 0.3) is 0 Å². The molecule has 0 fully saturated rings.